The van der Waals surface area contributed by atoms with Crippen LogP contribution in [-0.4, -0.2) is 62.5 Å². The van der Waals surface area contributed by atoms with Gasteiger partial charge in [0, 0.05) is 17.5 Å². The van der Waals surface area contributed by atoms with Crippen LogP contribution in [0, 0.1) is 6.92 Å². The van der Waals surface area contributed by atoms with Crippen molar-refractivity contribution in [2.45, 2.75) is 89.8 Å². The minimum Gasteiger partial charge on any atom is -0.479 e. The Labute approximate surface area is 233 Å². The summed E-state index contributed by atoms with van der Waals surface area (Å²) in [5.74, 6) is -0.693. The number of rotatable bonds is 7. The van der Waals surface area contributed by atoms with Crippen molar-refractivity contribution in [1.82, 2.24) is 26.1 Å². The van der Waals surface area contributed by atoms with Gasteiger partial charge in [-0.25, -0.2) is 10.4 Å². The lowest BCUT2D eigenvalue weighted by atomic mass is 9.96. The molecule has 2 aliphatic rings. The Bertz CT molecular complexity index is 1250. The summed E-state index contributed by atoms with van der Waals surface area (Å²) >= 11 is 6.22. The van der Waals surface area contributed by atoms with E-state index in [4.69, 9.17) is 16.3 Å². The highest BCUT2D eigenvalue weighted by Gasteiger charge is 2.45. The molecule has 4 rings (SSSR count). The Kier molecular flexibility index (Phi) is 8.48. The molecule has 3 amide bonds. The van der Waals surface area contributed by atoms with Gasteiger partial charge in [0.1, 0.15) is 17.5 Å². The zero-order valence-corrected chi connectivity index (χ0v) is 23.6. The number of nitrogens with zero attached hydrogens (tertiary/aromatic N) is 2. The fourth-order valence-electron chi connectivity index (χ4n) is 5.23. The number of nitrogens with one attached hydrogen (secondary N) is 3. The highest BCUT2D eigenvalue weighted by Crippen LogP contribution is 2.41. The average molecular weight is 558 g/mol. The molecule has 4 N–H and O–H groups in total. The first-order chi connectivity index (χ1) is 18.3. The largest absolute Gasteiger partial charge is 0.479 e. The minimum absolute atomic E-state index is 0.0510. The maximum Gasteiger partial charge on any atom is 0.275 e. The second-order valence-electron chi connectivity index (χ2n) is 10.9. The van der Waals surface area contributed by atoms with E-state index in [-0.39, 0.29) is 29.6 Å². The van der Waals surface area contributed by atoms with Crippen LogP contribution in [0.1, 0.15) is 74.7 Å². The monoisotopic (exact) mass is 557 g/mol. The Morgan fingerprint density at radius 2 is 2.00 bits per heavy atom. The number of amides is 3. The number of hydrogen-bond donors (Lipinski definition) is 4. The number of aliphatic hydroxyl groups is 1. The molecule has 0 radical (unpaired) electrons. The van der Waals surface area contributed by atoms with Crippen LogP contribution in [0.4, 0.5) is 0 Å². The molecule has 210 valence electrons. The molecule has 1 aromatic heterocycles. The molecule has 0 saturated carbocycles. The first-order valence-electron chi connectivity index (χ1n) is 13.2. The Balaban J connectivity index is 1.48. The number of benzene rings is 1. The number of aromatic nitrogens is 1. The summed E-state index contributed by atoms with van der Waals surface area (Å²) in [6.07, 6.45) is 1.10. The van der Waals surface area contributed by atoms with Gasteiger partial charge in [0.05, 0.1) is 23.4 Å². The third-order valence-electron chi connectivity index (χ3n) is 7.25. The molecule has 0 spiro atoms. The van der Waals surface area contributed by atoms with Crippen molar-refractivity contribution < 1.29 is 24.2 Å². The maximum absolute atomic E-state index is 13.7. The summed E-state index contributed by atoms with van der Waals surface area (Å²) in [4.78, 5) is 44.9. The van der Waals surface area contributed by atoms with E-state index in [0.717, 1.165) is 5.56 Å². The van der Waals surface area contributed by atoms with Crippen molar-refractivity contribution in [2.75, 3.05) is 0 Å². The van der Waals surface area contributed by atoms with Crippen molar-refractivity contribution in [2.24, 2.45) is 0 Å². The number of pyridine rings is 1. The highest BCUT2D eigenvalue weighted by atomic mass is 35.5. The van der Waals surface area contributed by atoms with Gasteiger partial charge in [0.15, 0.2) is 6.10 Å². The summed E-state index contributed by atoms with van der Waals surface area (Å²) in [5, 5.41) is 14.2. The molecule has 2 saturated heterocycles. The van der Waals surface area contributed by atoms with E-state index in [1.54, 1.807) is 44.7 Å². The predicted molar refractivity (Wildman–Crippen MR) is 146 cm³/mol. The number of carbonyl (C=O) groups is 3. The fourth-order valence-corrected chi connectivity index (χ4v) is 5.42. The number of likely N-dealkylation sites (tertiary alicyclic amines) is 1. The first-order valence-corrected chi connectivity index (χ1v) is 13.5. The van der Waals surface area contributed by atoms with Crippen LogP contribution < -0.4 is 20.9 Å². The smallest absolute Gasteiger partial charge is 0.275 e. The maximum atomic E-state index is 13.7. The molecule has 0 aliphatic carbocycles. The average Bonchev–Trinajstić information content (AvgIpc) is 3.33. The van der Waals surface area contributed by atoms with Crippen LogP contribution in [0.5, 0.6) is 5.75 Å². The lowest BCUT2D eigenvalue weighted by molar-refractivity contribution is -0.141. The fraction of sp³-hybridized carbons (Fsp3) is 0.500. The minimum atomic E-state index is -1.13. The lowest BCUT2D eigenvalue weighted by Gasteiger charge is -2.38. The quantitative estimate of drug-likeness (QED) is 0.411. The van der Waals surface area contributed by atoms with Crippen LogP contribution in [0.25, 0.3) is 0 Å². The van der Waals surface area contributed by atoms with Crippen LogP contribution in [0.15, 0.2) is 36.4 Å². The molecule has 2 aliphatic heterocycles. The molecule has 3 heterocycles. The van der Waals surface area contributed by atoms with Crippen LogP contribution in [0.3, 0.4) is 0 Å². The van der Waals surface area contributed by atoms with Gasteiger partial charge in [-0.05, 0) is 77.3 Å². The summed E-state index contributed by atoms with van der Waals surface area (Å²) in [5.41, 5.74) is 5.75. The number of aryl methyl sites for hydroxylation is 1. The predicted octanol–water partition coefficient (Wildman–Crippen LogP) is 2.83. The molecule has 11 heteroatoms. The lowest BCUT2D eigenvalue weighted by Crippen LogP contribution is -2.56. The Hall–Kier alpha value is -3.21. The van der Waals surface area contributed by atoms with E-state index in [2.05, 4.69) is 21.2 Å². The van der Waals surface area contributed by atoms with Gasteiger partial charge in [-0.1, -0.05) is 23.7 Å². The van der Waals surface area contributed by atoms with E-state index in [1.807, 2.05) is 25.1 Å². The summed E-state index contributed by atoms with van der Waals surface area (Å²) in [7, 11) is 0. The third-order valence-corrected chi connectivity index (χ3v) is 7.48. The number of hydrogen-bond acceptors (Lipinski definition) is 7. The van der Waals surface area contributed by atoms with Gasteiger partial charge < -0.3 is 20.1 Å². The zero-order chi connectivity index (χ0) is 28.5. The van der Waals surface area contributed by atoms with Crippen molar-refractivity contribution in [1.29, 1.82) is 0 Å². The third kappa shape index (κ3) is 6.51. The van der Waals surface area contributed by atoms with Crippen molar-refractivity contribution in [3.63, 3.8) is 0 Å². The van der Waals surface area contributed by atoms with Crippen LogP contribution in [0.2, 0.25) is 5.02 Å². The SMILES string of the molecule is Cc1nc(C(=O)N[C@H](C)C(=O)N2[C@H](c3cccc(Cl)c3)CC[C@@H]2C(C)(C)O)ccc1OC1CC(C)NNC1=O. The van der Waals surface area contributed by atoms with Gasteiger partial charge in [-0.3, -0.25) is 19.8 Å². The van der Waals surface area contributed by atoms with Crippen molar-refractivity contribution >= 4 is 29.3 Å². The molecule has 10 nitrogen and oxygen atoms in total. The number of carbonyl (C=O) groups excluding carboxylic acids is 3. The van der Waals surface area contributed by atoms with Crippen LogP contribution in [-0.2, 0) is 9.59 Å². The Morgan fingerprint density at radius 3 is 2.67 bits per heavy atom. The first kappa shape index (κ1) is 28.8. The van der Waals surface area contributed by atoms with E-state index in [9.17, 15) is 19.5 Å². The number of ether oxygens (including phenoxy) is 1. The van der Waals surface area contributed by atoms with Gasteiger partial charge in [0.2, 0.25) is 5.91 Å². The molecule has 5 atom stereocenters. The number of hydrazine groups is 1. The number of halogens is 1. The standard InChI is InChI=1S/C28H36ClN5O5/c1-15-13-23(26(36)33-32-15)39-22-11-9-20(30-16(22)2)25(35)31-17(3)27(37)34-21(10-12-24(34)28(4,5)38)18-7-6-8-19(29)14-18/h6-9,11,14-15,17,21,23-24,32,38H,10,12-13H2,1-5H3,(H,31,35)(H,33,36)/t15?,17-,21+,23?,24-/m1/s1. The summed E-state index contributed by atoms with van der Waals surface area (Å²) < 4.78 is 5.86. The molecule has 0 bridgehead atoms. The van der Waals surface area contributed by atoms with Crippen molar-refractivity contribution in [3.8, 4) is 5.75 Å². The molecule has 2 aromatic rings. The topological polar surface area (TPSA) is 133 Å². The zero-order valence-electron chi connectivity index (χ0n) is 22.8. The van der Waals surface area contributed by atoms with Gasteiger partial charge in [0.25, 0.3) is 11.8 Å². The molecular weight excluding hydrogens is 522 g/mol. The highest BCUT2D eigenvalue weighted by molar-refractivity contribution is 6.30. The van der Waals surface area contributed by atoms with Gasteiger partial charge >= 0.3 is 0 Å². The van der Waals surface area contributed by atoms with E-state index >= 15 is 0 Å². The van der Waals surface area contributed by atoms with Crippen molar-refractivity contribution in [3.05, 3.63) is 58.4 Å². The van der Waals surface area contributed by atoms with E-state index in [1.165, 1.54) is 6.07 Å². The van der Waals surface area contributed by atoms with Gasteiger partial charge in [-0.15, -0.1) is 0 Å². The molecule has 1 aromatic carbocycles. The second-order valence-corrected chi connectivity index (χ2v) is 11.4. The second kappa shape index (κ2) is 11.5. The molecule has 2 unspecified atom stereocenters. The molecule has 2 fully saturated rings. The van der Waals surface area contributed by atoms with E-state index < -0.39 is 29.7 Å². The summed E-state index contributed by atoms with van der Waals surface area (Å²) in [6, 6.07) is 8.92. The normalized spacial score (nSPS) is 24.2. The molecule has 39 heavy (non-hydrogen) atoms. The summed E-state index contributed by atoms with van der Waals surface area (Å²) in [6.45, 7) is 8.62. The van der Waals surface area contributed by atoms with E-state index in [0.29, 0.717) is 35.7 Å². The van der Waals surface area contributed by atoms with Crippen LogP contribution >= 0.6 is 11.6 Å². The van der Waals surface area contributed by atoms with Gasteiger partial charge in [-0.2, -0.15) is 0 Å². The Morgan fingerprint density at radius 1 is 1.26 bits per heavy atom. The molecular formula is C28H36ClN5O5.